The summed E-state index contributed by atoms with van der Waals surface area (Å²) < 4.78 is 18.0. The minimum atomic E-state index is -3.27. The maximum atomic E-state index is 11.4. The Labute approximate surface area is 226 Å². The van der Waals surface area contributed by atoms with Crippen LogP contribution in [0.15, 0.2) is 0 Å². The van der Waals surface area contributed by atoms with Crippen LogP contribution in [0.3, 0.4) is 0 Å². The smallest absolute Gasteiger partial charge is 0.502 e. The van der Waals surface area contributed by atoms with Crippen LogP contribution in [-0.4, -0.2) is 87.7 Å². The van der Waals surface area contributed by atoms with Crippen molar-refractivity contribution in [2.45, 2.75) is 140 Å². The molecule has 0 aromatic rings. The lowest BCUT2D eigenvalue weighted by atomic mass is 10.0. The summed E-state index contributed by atoms with van der Waals surface area (Å²) in [5.74, 6) is -1.50. The molecule has 0 amide bonds. The number of quaternary nitrogens is 1. The molecule has 2 fully saturated rings. The number of carbonyl (C=O) groups is 1. The first-order chi connectivity index (χ1) is 17.7. The van der Waals surface area contributed by atoms with Crippen LogP contribution in [0.1, 0.15) is 110 Å². The Morgan fingerprint density at radius 3 is 1.81 bits per heavy atom. The Hall–Kier alpha value is -0.553. The lowest BCUT2D eigenvalue weighted by molar-refractivity contribution is -0.890. The fraction of sp³-hybridized carbons (Fsp3) is 0.964. The van der Waals surface area contributed by atoms with Gasteiger partial charge in [-0.1, -0.05) is 90.4 Å². The van der Waals surface area contributed by atoms with E-state index in [1.807, 2.05) is 0 Å². The predicted octanol–water partition coefficient (Wildman–Crippen LogP) is 3.55. The van der Waals surface area contributed by atoms with Crippen molar-refractivity contribution in [3.8, 4) is 0 Å². The molecule has 0 aliphatic carbocycles. The number of rotatable bonds is 21. The Kier molecular flexibility index (Phi) is 15.2. The summed E-state index contributed by atoms with van der Waals surface area (Å²) in [6, 6.07) is 0.466. The lowest BCUT2D eigenvalue weighted by Gasteiger charge is -2.49. The molecule has 9 heteroatoms. The van der Waals surface area contributed by atoms with Crippen molar-refractivity contribution in [1.82, 2.24) is 0 Å². The SMILES string of the molecule is CCCCCCCCCCCCCCCCC[N+](C)(C)CCC[Si]12OC[C@@H](O)[C@H](O1)[C@H](O)[C@H](C(=O)[O-])O2. The molecule has 2 N–H and O–H groups in total. The normalized spacial score (nSPS) is 27.9. The van der Waals surface area contributed by atoms with E-state index in [0.717, 1.165) is 24.0 Å². The van der Waals surface area contributed by atoms with Crippen molar-refractivity contribution in [3.63, 3.8) is 0 Å². The summed E-state index contributed by atoms with van der Waals surface area (Å²) in [5.41, 5.74) is 0. The zero-order valence-electron chi connectivity index (χ0n) is 23.8. The summed E-state index contributed by atoms with van der Waals surface area (Å²) in [6.45, 7) is 4.26. The van der Waals surface area contributed by atoms with E-state index >= 15 is 0 Å². The molecule has 1 unspecified atom stereocenters. The highest BCUT2D eigenvalue weighted by Crippen LogP contribution is 2.35. The first-order valence-electron chi connectivity index (χ1n) is 15.1. The topological polar surface area (TPSA) is 108 Å². The Morgan fingerprint density at radius 1 is 0.811 bits per heavy atom. The van der Waals surface area contributed by atoms with Gasteiger partial charge in [0.05, 0.1) is 39.8 Å². The molecule has 5 atom stereocenters. The van der Waals surface area contributed by atoms with Crippen LogP contribution < -0.4 is 5.11 Å². The summed E-state index contributed by atoms with van der Waals surface area (Å²) in [5, 5.41) is 31.7. The van der Waals surface area contributed by atoms with E-state index in [-0.39, 0.29) is 6.61 Å². The van der Waals surface area contributed by atoms with Crippen LogP contribution >= 0.6 is 0 Å². The van der Waals surface area contributed by atoms with Gasteiger partial charge in [-0.3, -0.25) is 0 Å². The van der Waals surface area contributed by atoms with Crippen molar-refractivity contribution in [2.24, 2.45) is 0 Å². The van der Waals surface area contributed by atoms with Gasteiger partial charge in [0.1, 0.15) is 24.4 Å². The fourth-order valence-corrected chi connectivity index (χ4v) is 8.47. The van der Waals surface area contributed by atoms with Gasteiger partial charge >= 0.3 is 8.80 Å². The third kappa shape index (κ3) is 12.0. The van der Waals surface area contributed by atoms with Gasteiger partial charge in [0.25, 0.3) is 0 Å². The fourth-order valence-electron chi connectivity index (χ4n) is 5.55. The maximum Gasteiger partial charge on any atom is 0.502 e. The zero-order chi connectivity index (χ0) is 27.2. The molecule has 2 bridgehead atoms. The number of hydrogen-bond acceptors (Lipinski definition) is 7. The third-order valence-corrected chi connectivity index (χ3v) is 10.8. The largest absolute Gasteiger partial charge is 0.547 e. The van der Waals surface area contributed by atoms with Crippen LogP contribution in [0.4, 0.5) is 0 Å². The Bertz CT molecular complexity index is 638. The molecule has 0 aromatic carbocycles. The van der Waals surface area contributed by atoms with Crippen molar-refractivity contribution in [3.05, 3.63) is 0 Å². The van der Waals surface area contributed by atoms with Gasteiger partial charge in [0.2, 0.25) is 0 Å². The maximum absolute atomic E-state index is 11.4. The van der Waals surface area contributed by atoms with Crippen LogP contribution in [0.2, 0.25) is 6.04 Å². The molecule has 0 saturated carbocycles. The summed E-state index contributed by atoms with van der Waals surface area (Å²) in [6.07, 6.45) is 16.2. The average molecular weight is 546 g/mol. The standard InChI is InChI=1S/C28H55NO7Si/c1-4-5-6-7-8-9-10-11-12-13-14-15-16-17-18-20-29(2,3)21-19-22-37-34-23-24(30)26(35-37)25(31)27(36-37)28(32)33/h24-27,30-31H,4-23H2,1-3H3/t24-,25+,26+,27-,37?/m1/s1. The molecule has 218 valence electrons. The first-order valence-corrected chi connectivity index (χ1v) is 17.0. The molecular weight excluding hydrogens is 490 g/mol. The number of aliphatic hydroxyl groups excluding tert-OH is 2. The van der Waals surface area contributed by atoms with Crippen molar-refractivity contribution < 1.29 is 37.9 Å². The number of aliphatic carboxylic acids is 1. The second kappa shape index (κ2) is 17.2. The van der Waals surface area contributed by atoms with Gasteiger partial charge in [-0.15, -0.1) is 0 Å². The molecule has 0 radical (unpaired) electrons. The van der Waals surface area contributed by atoms with E-state index in [1.54, 1.807) is 0 Å². The number of carboxylic acid groups (broad SMARTS) is 1. The second-order valence-corrected chi connectivity index (χ2v) is 14.6. The Balaban J connectivity index is 1.51. The highest BCUT2D eigenvalue weighted by molar-refractivity contribution is 6.61. The molecule has 2 aliphatic rings. The second-order valence-electron chi connectivity index (χ2n) is 11.9. The molecule has 0 aromatic heterocycles. The van der Waals surface area contributed by atoms with E-state index in [0.29, 0.717) is 6.04 Å². The van der Waals surface area contributed by atoms with Crippen LogP contribution in [-0.2, 0) is 18.1 Å². The number of carboxylic acids is 1. The molecule has 2 heterocycles. The Morgan fingerprint density at radius 2 is 1.30 bits per heavy atom. The molecule has 2 aliphatic heterocycles. The van der Waals surface area contributed by atoms with Crippen LogP contribution in [0.5, 0.6) is 0 Å². The van der Waals surface area contributed by atoms with Gasteiger partial charge < -0.3 is 37.9 Å². The monoisotopic (exact) mass is 545 g/mol. The lowest BCUT2D eigenvalue weighted by Crippen LogP contribution is -2.71. The quantitative estimate of drug-likeness (QED) is 0.129. The number of fused-ring (bicyclic) bond motifs is 2. The van der Waals surface area contributed by atoms with Gasteiger partial charge in [0, 0.05) is 12.5 Å². The van der Waals surface area contributed by atoms with Crippen molar-refractivity contribution in [1.29, 1.82) is 0 Å². The van der Waals surface area contributed by atoms with Crippen LogP contribution in [0, 0.1) is 0 Å². The molecular formula is C28H55NO7Si. The van der Waals surface area contributed by atoms with Gasteiger partial charge in [-0.25, -0.2) is 0 Å². The van der Waals surface area contributed by atoms with E-state index < -0.39 is 39.2 Å². The van der Waals surface area contributed by atoms with E-state index in [9.17, 15) is 20.1 Å². The third-order valence-electron chi connectivity index (χ3n) is 7.97. The van der Waals surface area contributed by atoms with Crippen LogP contribution in [0.25, 0.3) is 0 Å². The molecule has 2 saturated heterocycles. The highest BCUT2D eigenvalue weighted by Gasteiger charge is 2.58. The molecule has 8 nitrogen and oxygen atoms in total. The number of carbonyl (C=O) groups excluding carboxylic acids is 1. The molecule has 0 spiro atoms. The van der Waals surface area contributed by atoms with E-state index in [2.05, 4.69) is 21.0 Å². The van der Waals surface area contributed by atoms with Gasteiger partial charge in [0.15, 0.2) is 0 Å². The summed E-state index contributed by atoms with van der Waals surface area (Å²) >= 11 is 0. The van der Waals surface area contributed by atoms with Crippen molar-refractivity contribution in [2.75, 3.05) is 33.8 Å². The summed E-state index contributed by atoms with van der Waals surface area (Å²) in [4.78, 5) is 11.4. The minimum absolute atomic E-state index is 0.00884. The molecule has 37 heavy (non-hydrogen) atoms. The predicted molar refractivity (Wildman–Crippen MR) is 145 cm³/mol. The number of aliphatic hydroxyl groups is 2. The average Bonchev–Trinajstić information content (AvgIpc) is 2.85. The first kappa shape index (κ1) is 32.7. The van der Waals surface area contributed by atoms with Gasteiger partial charge in [-0.05, 0) is 12.8 Å². The van der Waals surface area contributed by atoms with Gasteiger partial charge in [-0.2, -0.15) is 0 Å². The molecule has 2 rings (SSSR count). The van der Waals surface area contributed by atoms with E-state index in [1.165, 1.54) is 96.3 Å². The highest BCUT2D eigenvalue weighted by atomic mass is 28.4. The van der Waals surface area contributed by atoms with Crippen molar-refractivity contribution >= 4 is 14.8 Å². The minimum Gasteiger partial charge on any atom is -0.547 e. The number of nitrogens with zero attached hydrogens (tertiary/aromatic N) is 1. The number of unbranched alkanes of at least 4 members (excludes halogenated alkanes) is 14. The number of hydrogen-bond donors (Lipinski definition) is 2. The zero-order valence-corrected chi connectivity index (χ0v) is 24.8. The van der Waals surface area contributed by atoms with E-state index in [4.69, 9.17) is 13.3 Å². The summed E-state index contributed by atoms with van der Waals surface area (Å²) in [7, 11) is 1.16.